The molecule has 0 saturated heterocycles. The Labute approximate surface area is 171 Å². The van der Waals surface area contributed by atoms with Crippen LogP contribution in [0.3, 0.4) is 0 Å². The molecule has 0 aliphatic rings. The van der Waals surface area contributed by atoms with Crippen LogP contribution in [0.5, 0.6) is 0 Å². The second-order valence-corrected chi connectivity index (χ2v) is 7.19. The van der Waals surface area contributed by atoms with Gasteiger partial charge in [-0.2, -0.15) is 0 Å². The van der Waals surface area contributed by atoms with Crippen molar-refractivity contribution in [3.05, 3.63) is 17.0 Å². The van der Waals surface area contributed by atoms with Crippen LogP contribution in [-0.4, -0.2) is 53.8 Å². The van der Waals surface area contributed by atoms with Gasteiger partial charge in [0.05, 0.1) is 0 Å². The third-order valence-electron chi connectivity index (χ3n) is 3.09. The zero-order valence-electron chi connectivity index (χ0n) is 17.3. The lowest BCUT2D eigenvalue weighted by Gasteiger charge is -2.22. The number of aromatic nitrogens is 2. The lowest BCUT2D eigenvalue weighted by Crippen LogP contribution is -2.41. The zero-order chi connectivity index (χ0) is 21.2. The largest absolute Gasteiger partial charge is 0.444 e. The van der Waals surface area contributed by atoms with Gasteiger partial charge in [-0.3, -0.25) is 0 Å². The van der Waals surface area contributed by atoms with Gasteiger partial charge in [-0.25, -0.2) is 14.8 Å². The molecule has 1 atom stereocenters. The molecule has 1 heterocycles. The Morgan fingerprint density at radius 3 is 2.46 bits per heavy atom. The smallest absolute Gasteiger partial charge is 0.407 e. The molecule has 28 heavy (non-hydrogen) atoms. The van der Waals surface area contributed by atoms with E-state index in [-0.39, 0.29) is 11.2 Å². The fourth-order valence-corrected chi connectivity index (χ4v) is 2.16. The van der Waals surface area contributed by atoms with E-state index in [2.05, 4.69) is 32.4 Å². The average Bonchev–Trinajstić information content (AvgIpc) is 2.57. The molecule has 0 aromatic carbocycles. The maximum atomic E-state index is 11.8. The van der Waals surface area contributed by atoms with Gasteiger partial charge in [0, 0.05) is 25.8 Å². The van der Waals surface area contributed by atoms with Gasteiger partial charge < -0.3 is 24.8 Å². The summed E-state index contributed by atoms with van der Waals surface area (Å²) in [5.74, 6) is 6.25. The topological polar surface area (TPSA) is 94.6 Å². The van der Waals surface area contributed by atoms with E-state index in [4.69, 9.17) is 25.8 Å². The third-order valence-corrected chi connectivity index (χ3v) is 3.38. The van der Waals surface area contributed by atoms with Gasteiger partial charge in [0.15, 0.2) is 0 Å². The number of hydrogen-bond acceptors (Lipinski definition) is 7. The summed E-state index contributed by atoms with van der Waals surface area (Å²) >= 11 is 6.17. The van der Waals surface area contributed by atoms with Crippen LogP contribution >= 0.6 is 11.6 Å². The molecule has 156 valence electrons. The summed E-state index contributed by atoms with van der Waals surface area (Å²) in [5.41, 5.74) is -0.129. The highest BCUT2D eigenvalue weighted by atomic mass is 35.5. The van der Waals surface area contributed by atoms with Crippen LogP contribution in [0.4, 0.5) is 10.6 Å². The molecule has 1 unspecified atom stereocenters. The van der Waals surface area contributed by atoms with Crippen molar-refractivity contribution in [1.82, 2.24) is 15.3 Å². The van der Waals surface area contributed by atoms with Crippen molar-refractivity contribution in [2.24, 2.45) is 0 Å². The number of carbonyl (C=O) groups is 1. The first-order chi connectivity index (χ1) is 13.2. The highest BCUT2D eigenvalue weighted by Gasteiger charge is 2.18. The van der Waals surface area contributed by atoms with Crippen molar-refractivity contribution in [3.8, 4) is 11.8 Å². The van der Waals surface area contributed by atoms with Crippen LogP contribution < -0.4 is 10.6 Å². The van der Waals surface area contributed by atoms with E-state index in [9.17, 15) is 4.79 Å². The summed E-state index contributed by atoms with van der Waals surface area (Å²) in [7, 11) is 0. The molecule has 1 amide bonds. The minimum absolute atomic E-state index is 0.213. The van der Waals surface area contributed by atoms with E-state index in [0.717, 1.165) is 0 Å². The molecule has 0 spiro atoms. The molecule has 0 bridgehead atoms. The van der Waals surface area contributed by atoms with Crippen LogP contribution in [0.2, 0.25) is 5.15 Å². The summed E-state index contributed by atoms with van der Waals surface area (Å²) in [6.45, 7) is 12.3. The molecular weight excluding hydrogens is 384 g/mol. The van der Waals surface area contributed by atoms with Gasteiger partial charge in [0.25, 0.3) is 0 Å². The number of nitrogens with one attached hydrogen (secondary N) is 2. The Bertz CT molecular complexity index is 691. The Morgan fingerprint density at radius 2 is 1.89 bits per heavy atom. The second kappa shape index (κ2) is 11.7. The van der Waals surface area contributed by atoms with E-state index >= 15 is 0 Å². The molecule has 2 N–H and O–H groups in total. The molecule has 8 nitrogen and oxygen atoms in total. The van der Waals surface area contributed by atoms with E-state index in [0.29, 0.717) is 31.1 Å². The zero-order valence-corrected chi connectivity index (χ0v) is 18.0. The molecule has 0 radical (unpaired) electrons. The fourth-order valence-electron chi connectivity index (χ4n) is 1.98. The standard InChI is InChI=1S/C19H29ClN4O4/c1-7-26-15(27-8-2)10-9-14-16(20)22-12-23-17(14)21-11-13(3)24-18(25)28-19(4,5)6/h12-13,15H,7-8,11H2,1-6H3,(H,24,25)(H,21,22,23). The van der Waals surface area contributed by atoms with Crippen molar-refractivity contribution >= 4 is 23.5 Å². The molecule has 0 saturated carbocycles. The molecule has 0 fully saturated rings. The van der Waals surface area contributed by atoms with E-state index in [1.807, 2.05) is 20.8 Å². The minimum Gasteiger partial charge on any atom is -0.444 e. The van der Waals surface area contributed by atoms with Crippen molar-refractivity contribution in [2.45, 2.75) is 59.5 Å². The highest BCUT2D eigenvalue weighted by molar-refractivity contribution is 6.30. The summed E-state index contributed by atoms with van der Waals surface area (Å²) in [6, 6.07) is -0.219. The summed E-state index contributed by atoms with van der Waals surface area (Å²) in [6.07, 6.45) is 0.190. The lowest BCUT2D eigenvalue weighted by atomic mass is 10.2. The molecule has 9 heteroatoms. The lowest BCUT2D eigenvalue weighted by molar-refractivity contribution is -0.0969. The number of nitrogens with zero attached hydrogens (tertiary/aromatic N) is 2. The quantitative estimate of drug-likeness (QED) is 0.384. The number of hydrogen-bond donors (Lipinski definition) is 2. The predicted molar refractivity (Wildman–Crippen MR) is 108 cm³/mol. The first kappa shape index (κ1) is 24.0. The van der Waals surface area contributed by atoms with Crippen molar-refractivity contribution in [1.29, 1.82) is 0 Å². The van der Waals surface area contributed by atoms with Gasteiger partial charge in [0.2, 0.25) is 6.29 Å². The third kappa shape index (κ3) is 9.22. The monoisotopic (exact) mass is 412 g/mol. The van der Waals surface area contributed by atoms with Crippen molar-refractivity contribution < 1.29 is 19.0 Å². The first-order valence-corrected chi connectivity index (χ1v) is 9.52. The van der Waals surface area contributed by atoms with E-state index < -0.39 is 18.0 Å². The van der Waals surface area contributed by atoms with Crippen molar-refractivity contribution in [2.75, 3.05) is 25.1 Å². The van der Waals surface area contributed by atoms with Gasteiger partial charge in [-0.15, -0.1) is 0 Å². The van der Waals surface area contributed by atoms with Gasteiger partial charge in [-0.1, -0.05) is 17.5 Å². The van der Waals surface area contributed by atoms with Gasteiger partial charge in [0.1, 0.15) is 28.5 Å². The second-order valence-electron chi connectivity index (χ2n) is 6.83. The Hall–Kier alpha value is -2.08. The molecule has 0 aliphatic carbocycles. The average molecular weight is 413 g/mol. The van der Waals surface area contributed by atoms with Crippen LogP contribution in [0.15, 0.2) is 6.33 Å². The molecule has 0 aliphatic heterocycles. The number of ether oxygens (including phenoxy) is 3. The Kier molecular flexibility index (Phi) is 10.0. The molecule has 1 aromatic rings. The van der Waals surface area contributed by atoms with Crippen LogP contribution in [0.1, 0.15) is 47.1 Å². The summed E-state index contributed by atoms with van der Waals surface area (Å²) in [4.78, 5) is 20.0. The maximum absolute atomic E-state index is 11.8. The fraction of sp³-hybridized carbons (Fsp3) is 0.632. The summed E-state index contributed by atoms with van der Waals surface area (Å²) in [5, 5.41) is 6.08. The van der Waals surface area contributed by atoms with Crippen LogP contribution in [-0.2, 0) is 14.2 Å². The van der Waals surface area contributed by atoms with Gasteiger partial charge in [-0.05, 0) is 47.5 Å². The first-order valence-electron chi connectivity index (χ1n) is 9.14. The maximum Gasteiger partial charge on any atom is 0.407 e. The van der Waals surface area contributed by atoms with Crippen LogP contribution in [0, 0.1) is 11.8 Å². The number of anilines is 1. The van der Waals surface area contributed by atoms with Crippen LogP contribution in [0.25, 0.3) is 0 Å². The molecule has 1 aromatic heterocycles. The SMILES string of the molecule is CCOC(C#Cc1c(Cl)ncnc1NCC(C)NC(=O)OC(C)(C)C)OCC. The highest BCUT2D eigenvalue weighted by Crippen LogP contribution is 2.18. The summed E-state index contributed by atoms with van der Waals surface area (Å²) < 4.78 is 16.0. The van der Waals surface area contributed by atoms with Gasteiger partial charge >= 0.3 is 6.09 Å². The Morgan fingerprint density at radius 1 is 1.25 bits per heavy atom. The Balaban J connectivity index is 2.79. The minimum atomic E-state index is -0.660. The molecular formula is C19H29ClN4O4. The number of rotatable bonds is 8. The van der Waals surface area contributed by atoms with E-state index in [1.54, 1.807) is 20.8 Å². The number of halogens is 1. The predicted octanol–water partition coefficient (Wildman–Crippen LogP) is 3.21. The normalized spacial score (nSPS) is 12.1. The van der Waals surface area contributed by atoms with Crippen molar-refractivity contribution in [3.63, 3.8) is 0 Å². The number of carbonyl (C=O) groups excluding carboxylic acids is 1. The van der Waals surface area contributed by atoms with E-state index in [1.165, 1.54) is 6.33 Å². The number of amides is 1. The molecule has 1 rings (SSSR count). The number of alkyl carbamates (subject to hydrolysis) is 1.